The number of ether oxygens (including phenoxy) is 1. The van der Waals surface area contributed by atoms with Crippen molar-refractivity contribution >= 4 is 29.7 Å². The minimum Gasteiger partial charge on any atom is -0.378 e. The van der Waals surface area contributed by atoms with E-state index in [9.17, 15) is 4.79 Å². The van der Waals surface area contributed by atoms with Gasteiger partial charge in [-0.3, -0.25) is 4.79 Å². The first kappa shape index (κ1) is 15.4. The molecule has 4 nitrogen and oxygen atoms in total. The number of nitrogens with one attached hydrogen (secondary N) is 2. The fraction of sp³-hybridized carbons (Fsp3) is 0.583. The van der Waals surface area contributed by atoms with E-state index >= 15 is 0 Å². The van der Waals surface area contributed by atoms with Crippen LogP contribution in [0.5, 0.6) is 0 Å². The third-order valence-electron chi connectivity index (χ3n) is 2.74. The van der Waals surface area contributed by atoms with Crippen LogP contribution >= 0.6 is 23.7 Å². The highest BCUT2D eigenvalue weighted by atomic mass is 35.5. The molecule has 1 aliphatic rings. The summed E-state index contributed by atoms with van der Waals surface area (Å²) in [5.41, 5.74) is 0. The topological polar surface area (TPSA) is 50.4 Å². The number of aryl methyl sites for hydroxylation is 1. The molecule has 0 radical (unpaired) electrons. The molecule has 18 heavy (non-hydrogen) atoms. The van der Waals surface area contributed by atoms with E-state index in [1.807, 2.05) is 0 Å². The van der Waals surface area contributed by atoms with Crippen LogP contribution < -0.4 is 10.6 Å². The second kappa shape index (κ2) is 7.74. The Labute approximate surface area is 118 Å². The standard InChI is InChI=1S/C12H18N2O2S.ClH/c1-2-9-3-4-10(17-9)7-14-12(15)11-8-16-6-5-13-11;/h3-4,11,13H,2,5-8H2,1H3,(H,14,15);1H. The quantitative estimate of drug-likeness (QED) is 0.880. The van der Waals surface area contributed by atoms with Crippen molar-refractivity contribution in [1.29, 1.82) is 0 Å². The molecule has 1 aliphatic heterocycles. The van der Waals surface area contributed by atoms with Gasteiger partial charge in [0.15, 0.2) is 0 Å². The lowest BCUT2D eigenvalue weighted by molar-refractivity contribution is -0.126. The molecule has 1 unspecified atom stereocenters. The molecule has 2 N–H and O–H groups in total. The monoisotopic (exact) mass is 290 g/mol. The van der Waals surface area contributed by atoms with Crippen LogP contribution in [0.2, 0.25) is 0 Å². The molecule has 0 aromatic carbocycles. The number of amides is 1. The fourth-order valence-corrected chi connectivity index (χ4v) is 2.64. The first-order valence-electron chi connectivity index (χ1n) is 5.96. The molecule has 0 spiro atoms. The van der Waals surface area contributed by atoms with Crippen LogP contribution in [0.25, 0.3) is 0 Å². The van der Waals surface area contributed by atoms with E-state index in [-0.39, 0.29) is 24.4 Å². The van der Waals surface area contributed by atoms with E-state index in [0.717, 1.165) is 13.0 Å². The largest absolute Gasteiger partial charge is 0.378 e. The first-order valence-corrected chi connectivity index (χ1v) is 6.77. The van der Waals surface area contributed by atoms with E-state index in [1.165, 1.54) is 9.75 Å². The summed E-state index contributed by atoms with van der Waals surface area (Å²) in [5.74, 6) is 0.0242. The Hall–Kier alpha value is -0.620. The second-order valence-corrected chi connectivity index (χ2v) is 5.27. The van der Waals surface area contributed by atoms with Gasteiger partial charge >= 0.3 is 0 Å². The summed E-state index contributed by atoms with van der Waals surface area (Å²) in [6.45, 7) is 4.65. The number of carbonyl (C=O) groups excluding carboxylic acids is 1. The van der Waals surface area contributed by atoms with Crippen molar-refractivity contribution in [3.8, 4) is 0 Å². The van der Waals surface area contributed by atoms with Crippen molar-refractivity contribution in [2.45, 2.75) is 25.9 Å². The third-order valence-corrected chi connectivity index (χ3v) is 3.97. The molecule has 1 amide bonds. The number of hydrogen-bond acceptors (Lipinski definition) is 4. The molecule has 1 saturated heterocycles. The molecule has 0 bridgehead atoms. The van der Waals surface area contributed by atoms with Gasteiger partial charge in [0.2, 0.25) is 5.91 Å². The van der Waals surface area contributed by atoms with Gasteiger partial charge in [-0.1, -0.05) is 6.92 Å². The second-order valence-electron chi connectivity index (χ2n) is 4.02. The zero-order valence-corrected chi connectivity index (χ0v) is 12.0. The summed E-state index contributed by atoms with van der Waals surface area (Å²) in [6, 6.07) is 4.00. The summed E-state index contributed by atoms with van der Waals surface area (Å²) < 4.78 is 5.26. The highest BCUT2D eigenvalue weighted by molar-refractivity contribution is 7.11. The molecule has 2 rings (SSSR count). The number of hydrogen-bond donors (Lipinski definition) is 2. The Morgan fingerprint density at radius 2 is 2.33 bits per heavy atom. The van der Waals surface area contributed by atoms with Crippen molar-refractivity contribution in [2.24, 2.45) is 0 Å². The van der Waals surface area contributed by atoms with Gasteiger partial charge in [0, 0.05) is 16.3 Å². The van der Waals surface area contributed by atoms with E-state index < -0.39 is 0 Å². The number of rotatable bonds is 4. The Morgan fingerprint density at radius 3 is 2.94 bits per heavy atom. The predicted molar refractivity (Wildman–Crippen MR) is 75.4 cm³/mol. The van der Waals surface area contributed by atoms with Gasteiger partial charge in [-0.25, -0.2) is 0 Å². The van der Waals surface area contributed by atoms with Crippen molar-refractivity contribution in [3.05, 3.63) is 21.9 Å². The molecule has 6 heteroatoms. The number of halogens is 1. The first-order chi connectivity index (χ1) is 8.29. The minimum absolute atomic E-state index is 0. The Morgan fingerprint density at radius 1 is 1.56 bits per heavy atom. The maximum atomic E-state index is 11.8. The molecule has 0 saturated carbocycles. The van der Waals surface area contributed by atoms with Crippen molar-refractivity contribution in [3.63, 3.8) is 0 Å². The van der Waals surface area contributed by atoms with Crippen LogP contribution in [0, 0.1) is 0 Å². The van der Waals surface area contributed by atoms with Crippen LogP contribution in [0.1, 0.15) is 16.7 Å². The van der Waals surface area contributed by atoms with Crippen molar-refractivity contribution in [1.82, 2.24) is 10.6 Å². The van der Waals surface area contributed by atoms with Crippen LogP contribution in [-0.4, -0.2) is 31.7 Å². The van der Waals surface area contributed by atoms with Gasteiger partial charge < -0.3 is 15.4 Å². The lowest BCUT2D eigenvalue weighted by Gasteiger charge is -2.22. The number of thiophene rings is 1. The average molecular weight is 291 g/mol. The number of carbonyl (C=O) groups is 1. The van der Waals surface area contributed by atoms with Crippen molar-refractivity contribution in [2.75, 3.05) is 19.8 Å². The van der Waals surface area contributed by atoms with Crippen LogP contribution in [0.15, 0.2) is 12.1 Å². The Kier molecular flexibility index (Phi) is 6.63. The van der Waals surface area contributed by atoms with E-state index in [1.54, 1.807) is 11.3 Å². The van der Waals surface area contributed by atoms with E-state index in [4.69, 9.17) is 4.74 Å². The van der Waals surface area contributed by atoms with Gasteiger partial charge in [0.25, 0.3) is 0 Å². The zero-order chi connectivity index (χ0) is 12.1. The van der Waals surface area contributed by atoms with Crippen LogP contribution in [-0.2, 0) is 22.5 Å². The van der Waals surface area contributed by atoms with Crippen molar-refractivity contribution < 1.29 is 9.53 Å². The molecule has 0 aliphatic carbocycles. The summed E-state index contributed by atoms with van der Waals surface area (Å²) in [5, 5.41) is 6.07. The molecular weight excluding hydrogens is 272 g/mol. The SMILES string of the molecule is CCc1ccc(CNC(=O)C2COCCN2)s1.Cl. The van der Waals surface area contributed by atoms with Gasteiger partial charge in [-0.15, -0.1) is 23.7 Å². The number of morpholine rings is 1. The lowest BCUT2D eigenvalue weighted by atomic mass is 10.2. The van der Waals surface area contributed by atoms with Crippen LogP contribution in [0.3, 0.4) is 0 Å². The van der Waals surface area contributed by atoms with E-state index in [2.05, 4.69) is 29.7 Å². The minimum atomic E-state index is -0.200. The predicted octanol–water partition coefficient (Wildman–Crippen LogP) is 1.34. The third kappa shape index (κ3) is 4.24. The highest BCUT2D eigenvalue weighted by Crippen LogP contribution is 2.16. The maximum Gasteiger partial charge on any atom is 0.239 e. The molecule has 1 aromatic rings. The van der Waals surface area contributed by atoms with Gasteiger partial charge in [0.1, 0.15) is 6.04 Å². The van der Waals surface area contributed by atoms with Gasteiger partial charge in [0.05, 0.1) is 19.8 Å². The zero-order valence-electron chi connectivity index (χ0n) is 10.4. The fourth-order valence-electron chi connectivity index (χ4n) is 1.74. The summed E-state index contributed by atoms with van der Waals surface area (Å²) in [7, 11) is 0. The molecule has 102 valence electrons. The molecular formula is C12H19ClN2O2S. The lowest BCUT2D eigenvalue weighted by Crippen LogP contribution is -2.50. The van der Waals surface area contributed by atoms with E-state index in [0.29, 0.717) is 19.8 Å². The smallest absolute Gasteiger partial charge is 0.239 e. The summed E-state index contributed by atoms with van der Waals surface area (Å²) in [4.78, 5) is 14.4. The molecule has 2 heterocycles. The normalized spacial score (nSPS) is 19.1. The van der Waals surface area contributed by atoms with Gasteiger partial charge in [-0.2, -0.15) is 0 Å². The molecule has 1 aromatic heterocycles. The average Bonchev–Trinajstić information content (AvgIpc) is 2.85. The van der Waals surface area contributed by atoms with Crippen LogP contribution in [0.4, 0.5) is 0 Å². The highest BCUT2D eigenvalue weighted by Gasteiger charge is 2.20. The molecule has 1 atom stereocenters. The Bertz CT molecular complexity index is 378. The molecule has 1 fully saturated rings. The summed E-state index contributed by atoms with van der Waals surface area (Å²) >= 11 is 1.76. The maximum absolute atomic E-state index is 11.8. The summed E-state index contributed by atoms with van der Waals surface area (Å²) in [6.07, 6.45) is 1.05. The van der Waals surface area contributed by atoms with Gasteiger partial charge in [-0.05, 0) is 18.6 Å². The Balaban J connectivity index is 0.00000162.